The lowest BCUT2D eigenvalue weighted by molar-refractivity contribution is -0.131. The fourth-order valence-corrected chi connectivity index (χ4v) is 1.81. The fourth-order valence-electron chi connectivity index (χ4n) is 1.81. The molecular formula is C15H17NO3. The Labute approximate surface area is 112 Å². The molecule has 1 aromatic rings. The van der Waals surface area contributed by atoms with Gasteiger partial charge in [0.15, 0.2) is 0 Å². The summed E-state index contributed by atoms with van der Waals surface area (Å²) in [4.78, 5) is 22.2. The molecule has 4 nitrogen and oxygen atoms in total. The van der Waals surface area contributed by atoms with Crippen LogP contribution in [0.1, 0.15) is 35.2 Å². The van der Waals surface area contributed by atoms with Crippen LogP contribution in [0.5, 0.6) is 0 Å². The van der Waals surface area contributed by atoms with E-state index in [-0.39, 0.29) is 5.91 Å². The van der Waals surface area contributed by atoms with Crippen LogP contribution in [0.15, 0.2) is 30.3 Å². The lowest BCUT2D eigenvalue weighted by Crippen LogP contribution is -2.24. The first kappa shape index (κ1) is 13.3. The summed E-state index contributed by atoms with van der Waals surface area (Å²) in [7, 11) is 0. The van der Waals surface area contributed by atoms with Crippen molar-refractivity contribution in [2.75, 3.05) is 6.54 Å². The highest BCUT2D eigenvalue weighted by Gasteiger charge is 2.20. The van der Waals surface area contributed by atoms with Crippen LogP contribution in [0.2, 0.25) is 0 Å². The van der Waals surface area contributed by atoms with Gasteiger partial charge in [0, 0.05) is 18.2 Å². The molecule has 2 rings (SSSR count). The highest BCUT2D eigenvalue weighted by molar-refractivity contribution is 5.94. The zero-order chi connectivity index (χ0) is 13.7. The minimum absolute atomic E-state index is 0.0746. The first-order valence-corrected chi connectivity index (χ1v) is 6.44. The van der Waals surface area contributed by atoms with Crippen molar-refractivity contribution in [1.82, 2.24) is 5.32 Å². The monoisotopic (exact) mass is 259 g/mol. The minimum atomic E-state index is -0.984. The van der Waals surface area contributed by atoms with Crippen molar-refractivity contribution in [3.8, 4) is 0 Å². The number of carboxylic acid groups (broad SMARTS) is 1. The lowest BCUT2D eigenvalue weighted by Gasteiger charge is -2.04. The van der Waals surface area contributed by atoms with Crippen LogP contribution in [0.25, 0.3) is 6.08 Å². The molecular weight excluding hydrogens is 242 g/mol. The molecule has 0 saturated heterocycles. The van der Waals surface area contributed by atoms with Crippen LogP contribution in [0.3, 0.4) is 0 Å². The average Bonchev–Trinajstić information content (AvgIpc) is 3.21. The highest BCUT2D eigenvalue weighted by Crippen LogP contribution is 2.31. The maximum atomic E-state index is 11.8. The molecule has 0 spiro atoms. The van der Waals surface area contributed by atoms with Gasteiger partial charge in [-0.3, -0.25) is 4.79 Å². The standard InChI is InChI=1S/C15H17NO3/c17-14(18)8-5-11-3-6-13(7-4-11)15(19)16-10-9-12-1-2-12/h3-8,12H,1-2,9-10H2,(H,16,19)(H,17,18). The number of nitrogens with one attached hydrogen (secondary N) is 1. The third kappa shape index (κ3) is 4.58. The molecule has 1 amide bonds. The van der Waals surface area contributed by atoms with Gasteiger partial charge in [0.2, 0.25) is 0 Å². The molecule has 1 fully saturated rings. The maximum absolute atomic E-state index is 11.8. The van der Waals surface area contributed by atoms with E-state index >= 15 is 0 Å². The van der Waals surface area contributed by atoms with Crippen LogP contribution < -0.4 is 5.32 Å². The van der Waals surface area contributed by atoms with E-state index in [0.29, 0.717) is 5.56 Å². The van der Waals surface area contributed by atoms with Crippen LogP contribution >= 0.6 is 0 Å². The molecule has 0 radical (unpaired) electrons. The van der Waals surface area contributed by atoms with E-state index in [2.05, 4.69) is 5.32 Å². The summed E-state index contributed by atoms with van der Waals surface area (Å²) in [6, 6.07) is 6.87. The summed E-state index contributed by atoms with van der Waals surface area (Å²) < 4.78 is 0. The molecule has 2 N–H and O–H groups in total. The Morgan fingerprint density at radius 1 is 1.26 bits per heavy atom. The van der Waals surface area contributed by atoms with E-state index in [4.69, 9.17) is 5.11 Å². The summed E-state index contributed by atoms with van der Waals surface area (Å²) in [6.45, 7) is 0.726. The Morgan fingerprint density at radius 3 is 2.53 bits per heavy atom. The normalized spacial score (nSPS) is 14.5. The topological polar surface area (TPSA) is 66.4 Å². The van der Waals surface area contributed by atoms with Crippen LogP contribution in [-0.2, 0) is 4.79 Å². The van der Waals surface area contributed by atoms with Gasteiger partial charge < -0.3 is 10.4 Å². The van der Waals surface area contributed by atoms with Gasteiger partial charge in [0.1, 0.15) is 0 Å². The predicted molar refractivity (Wildman–Crippen MR) is 72.8 cm³/mol. The number of rotatable bonds is 6. The van der Waals surface area contributed by atoms with Crippen molar-refractivity contribution >= 4 is 18.0 Å². The van der Waals surface area contributed by atoms with Crippen molar-refractivity contribution in [2.45, 2.75) is 19.3 Å². The van der Waals surface area contributed by atoms with Gasteiger partial charge >= 0.3 is 5.97 Å². The van der Waals surface area contributed by atoms with Gasteiger partial charge in [-0.1, -0.05) is 25.0 Å². The number of benzene rings is 1. The second-order valence-electron chi connectivity index (χ2n) is 4.78. The van der Waals surface area contributed by atoms with E-state index < -0.39 is 5.97 Å². The molecule has 0 atom stereocenters. The summed E-state index contributed by atoms with van der Waals surface area (Å²) >= 11 is 0. The first-order chi connectivity index (χ1) is 9.15. The number of aliphatic carboxylic acids is 1. The molecule has 0 bridgehead atoms. The van der Waals surface area contributed by atoms with Crippen molar-refractivity contribution < 1.29 is 14.7 Å². The lowest BCUT2D eigenvalue weighted by atomic mass is 10.1. The second-order valence-corrected chi connectivity index (χ2v) is 4.78. The molecule has 0 heterocycles. The predicted octanol–water partition coefficient (Wildman–Crippen LogP) is 2.31. The third-order valence-electron chi connectivity index (χ3n) is 3.13. The quantitative estimate of drug-likeness (QED) is 0.770. The minimum Gasteiger partial charge on any atom is -0.478 e. The SMILES string of the molecule is O=C(O)C=Cc1ccc(C(=O)NCCC2CC2)cc1. The zero-order valence-electron chi connectivity index (χ0n) is 10.6. The molecule has 4 heteroatoms. The van der Waals surface area contributed by atoms with Crippen LogP contribution in [0, 0.1) is 5.92 Å². The molecule has 100 valence electrons. The summed E-state index contributed by atoms with van der Waals surface area (Å²) in [5.41, 5.74) is 1.36. The molecule has 0 aromatic heterocycles. The summed E-state index contributed by atoms with van der Waals surface area (Å²) in [5.74, 6) is -0.250. The first-order valence-electron chi connectivity index (χ1n) is 6.44. The van der Waals surface area contributed by atoms with Gasteiger partial charge in [-0.25, -0.2) is 4.79 Å². The van der Waals surface area contributed by atoms with Crippen molar-refractivity contribution in [2.24, 2.45) is 5.92 Å². The Hall–Kier alpha value is -2.10. The molecule has 1 aliphatic rings. The number of hydrogen-bond acceptors (Lipinski definition) is 2. The average molecular weight is 259 g/mol. The van der Waals surface area contributed by atoms with Gasteiger partial charge in [-0.2, -0.15) is 0 Å². The number of carbonyl (C=O) groups is 2. The van der Waals surface area contributed by atoms with Gasteiger partial charge in [0.05, 0.1) is 0 Å². The molecule has 1 aliphatic carbocycles. The van der Waals surface area contributed by atoms with E-state index in [1.807, 2.05) is 0 Å². The summed E-state index contributed by atoms with van der Waals surface area (Å²) in [5, 5.41) is 11.4. The van der Waals surface area contributed by atoms with E-state index in [0.717, 1.165) is 30.5 Å². The number of hydrogen-bond donors (Lipinski definition) is 2. The smallest absolute Gasteiger partial charge is 0.328 e. The van der Waals surface area contributed by atoms with E-state index in [9.17, 15) is 9.59 Å². The van der Waals surface area contributed by atoms with Crippen molar-refractivity contribution in [1.29, 1.82) is 0 Å². The second kappa shape index (κ2) is 6.18. The fraction of sp³-hybridized carbons (Fsp3) is 0.333. The largest absolute Gasteiger partial charge is 0.478 e. The highest BCUT2D eigenvalue weighted by atomic mass is 16.4. The number of carbonyl (C=O) groups excluding carboxylic acids is 1. The van der Waals surface area contributed by atoms with Crippen molar-refractivity contribution in [3.63, 3.8) is 0 Å². The van der Waals surface area contributed by atoms with Crippen LogP contribution in [-0.4, -0.2) is 23.5 Å². The molecule has 19 heavy (non-hydrogen) atoms. The van der Waals surface area contributed by atoms with Gasteiger partial charge in [-0.15, -0.1) is 0 Å². The zero-order valence-corrected chi connectivity index (χ0v) is 10.6. The summed E-state index contributed by atoms with van der Waals surface area (Å²) in [6.07, 6.45) is 6.22. The Bertz CT molecular complexity index is 487. The Kier molecular flexibility index (Phi) is 4.34. The van der Waals surface area contributed by atoms with E-state index in [1.165, 1.54) is 18.9 Å². The molecule has 1 aromatic carbocycles. The van der Waals surface area contributed by atoms with Crippen LogP contribution in [0.4, 0.5) is 0 Å². The third-order valence-corrected chi connectivity index (χ3v) is 3.13. The van der Waals surface area contributed by atoms with Crippen molar-refractivity contribution in [3.05, 3.63) is 41.5 Å². The molecule has 0 unspecified atom stereocenters. The van der Waals surface area contributed by atoms with Gasteiger partial charge in [0.25, 0.3) is 5.91 Å². The maximum Gasteiger partial charge on any atom is 0.328 e. The number of carboxylic acids is 1. The number of amides is 1. The van der Waals surface area contributed by atoms with Gasteiger partial charge in [-0.05, 0) is 36.1 Å². The Balaban J connectivity index is 1.85. The molecule has 0 aliphatic heterocycles. The Morgan fingerprint density at radius 2 is 1.95 bits per heavy atom. The molecule has 1 saturated carbocycles. The van der Waals surface area contributed by atoms with E-state index in [1.54, 1.807) is 24.3 Å².